The summed E-state index contributed by atoms with van der Waals surface area (Å²) >= 11 is 0. The fourth-order valence-corrected chi connectivity index (χ4v) is 4.94. The second kappa shape index (κ2) is 32.9. The lowest BCUT2D eigenvalue weighted by atomic mass is 10.1. The number of carboxylic acid groups (broad SMARTS) is 1. The van der Waals surface area contributed by atoms with E-state index >= 15 is 0 Å². The first-order valence-corrected chi connectivity index (χ1v) is 19.0. The number of unbranched alkanes of at least 4 members (excludes halogenated alkanes) is 10. The van der Waals surface area contributed by atoms with Crippen LogP contribution in [0.4, 0.5) is 0 Å². The number of nitrogens with zero attached hydrogens (tertiary/aromatic N) is 1. The number of carbonyl (C=O) groups is 3. The average molecular weight is 700 g/mol. The Morgan fingerprint density at radius 3 is 1.78 bits per heavy atom. The topological polar surface area (TPSA) is 102 Å². The van der Waals surface area contributed by atoms with Gasteiger partial charge in [-0.1, -0.05) is 132 Å². The highest BCUT2D eigenvalue weighted by Crippen LogP contribution is 2.11. The first-order valence-electron chi connectivity index (χ1n) is 19.0. The minimum absolute atomic E-state index is 0.0124. The van der Waals surface area contributed by atoms with Crippen LogP contribution >= 0.6 is 0 Å². The average Bonchev–Trinajstić information content (AvgIpc) is 3.06. The molecule has 0 aromatic rings. The SMILES string of the molecule is CCC/C=C/C=C/C=C/C=C/C=C/CCCCCCCC(=O)OCC(COCCC(C(=O)[O-])[N+](C)(C)C)OC(=O)CC/C=C/CCCCCC. The summed E-state index contributed by atoms with van der Waals surface area (Å²) in [6, 6.07) is -0.736. The van der Waals surface area contributed by atoms with Gasteiger partial charge in [-0.2, -0.15) is 0 Å². The van der Waals surface area contributed by atoms with Crippen molar-refractivity contribution >= 4 is 17.9 Å². The first-order chi connectivity index (χ1) is 24.1. The smallest absolute Gasteiger partial charge is 0.306 e. The van der Waals surface area contributed by atoms with Gasteiger partial charge in [0, 0.05) is 19.3 Å². The fraction of sp³-hybridized carbons (Fsp3) is 0.643. The fourth-order valence-electron chi connectivity index (χ4n) is 4.94. The molecule has 0 aromatic heterocycles. The number of rotatable bonds is 32. The van der Waals surface area contributed by atoms with Crippen molar-refractivity contribution in [1.29, 1.82) is 0 Å². The normalized spacial score (nSPS) is 13.9. The third-order valence-electron chi connectivity index (χ3n) is 7.94. The molecule has 8 heteroatoms. The Morgan fingerprint density at radius 2 is 1.16 bits per heavy atom. The number of quaternary nitrogens is 1. The lowest BCUT2D eigenvalue weighted by molar-refractivity contribution is -0.889. The van der Waals surface area contributed by atoms with E-state index in [-0.39, 0.29) is 49.1 Å². The molecule has 0 saturated carbocycles. The molecule has 0 aliphatic heterocycles. The molecule has 284 valence electrons. The van der Waals surface area contributed by atoms with E-state index in [9.17, 15) is 19.5 Å². The predicted octanol–water partition coefficient (Wildman–Crippen LogP) is 8.29. The Balaban J connectivity index is 4.45. The second-order valence-electron chi connectivity index (χ2n) is 13.6. The highest BCUT2D eigenvalue weighted by atomic mass is 16.6. The van der Waals surface area contributed by atoms with Gasteiger partial charge in [-0.25, -0.2) is 0 Å². The lowest BCUT2D eigenvalue weighted by Crippen LogP contribution is -2.55. The summed E-state index contributed by atoms with van der Waals surface area (Å²) in [6.45, 7) is 4.42. The van der Waals surface area contributed by atoms with E-state index < -0.39 is 18.1 Å². The summed E-state index contributed by atoms with van der Waals surface area (Å²) in [5, 5.41) is 11.6. The highest BCUT2D eigenvalue weighted by molar-refractivity contribution is 5.70. The largest absolute Gasteiger partial charge is 0.544 e. The van der Waals surface area contributed by atoms with Crippen molar-refractivity contribution in [2.24, 2.45) is 0 Å². The van der Waals surface area contributed by atoms with Crippen molar-refractivity contribution in [3.05, 3.63) is 72.9 Å². The van der Waals surface area contributed by atoms with E-state index in [1.54, 1.807) is 21.1 Å². The number of likely N-dealkylation sites (N-methyl/N-ethyl adjacent to an activating group) is 1. The third-order valence-corrected chi connectivity index (χ3v) is 7.94. The van der Waals surface area contributed by atoms with Crippen LogP contribution in [0, 0.1) is 0 Å². The molecule has 0 aliphatic carbocycles. The Kier molecular flexibility index (Phi) is 30.8. The van der Waals surface area contributed by atoms with Gasteiger partial charge in [0.1, 0.15) is 12.6 Å². The molecule has 0 saturated heterocycles. The standard InChI is InChI=1S/C42H69NO7/c1-6-8-10-12-14-16-17-18-19-20-21-22-23-24-25-27-28-30-32-40(44)49-37-38(36-48-35-34-39(42(46)47)43(3,4)5)50-41(45)33-31-29-26-15-13-11-9-7-2/h10,12,14,16-22,26,29,38-39H,6-9,11,13,15,23-25,27-28,30-37H2,1-5H3/b12-10+,16-14+,18-17+,20-19+,22-21+,29-26+. The summed E-state index contributed by atoms with van der Waals surface area (Å²) in [7, 11) is 5.36. The van der Waals surface area contributed by atoms with Crippen LogP contribution in [0.5, 0.6) is 0 Å². The van der Waals surface area contributed by atoms with Gasteiger partial charge in [-0.15, -0.1) is 0 Å². The molecule has 0 N–H and O–H groups in total. The van der Waals surface area contributed by atoms with Crippen molar-refractivity contribution in [2.75, 3.05) is 41.0 Å². The summed E-state index contributed by atoms with van der Waals surface area (Å²) < 4.78 is 17.0. The third kappa shape index (κ3) is 30.8. The number of allylic oxidation sites excluding steroid dienone is 12. The molecule has 8 nitrogen and oxygen atoms in total. The number of hydrogen-bond acceptors (Lipinski definition) is 7. The van der Waals surface area contributed by atoms with Crippen molar-refractivity contribution < 1.29 is 38.2 Å². The minimum Gasteiger partial charge on any atom is -0.544 e. The number of carboxylic acids is 1. The minimum atomic E-state index is -1.14. The molecular weight excluding hydrogens is 630 g/mol. The van der Waals surface area contributed by atoms with Gasteiger partial charge in [0.15, 0.2) is 6.10 Å². The van der Waals surface area contributed by atoms with E-state index in [0.717, 1.165) is 57.8 Å². The molecule has 50 heavy (non-hydrogen) atoms. The molecule has 0 spiro atoms. The Bertz CT molecular complexity index is 1050. The Labute approximate surface area is 304 Å². The lowest BCUT2D eigenvalue weighted by Gasteiger charge is -2.34. The highest BCUT2D eigenvalue weighted by Gasteiger charge is 2.25. The van der Waals surface area contributed by atoms with Gasteiger partial charge in [0.2, 0.25) is 0 Å². The van der Waals surface area contributed by atoms with E-state index in [1.165, 1.54) is 25.7 Å². The second-order valence-corrected chi connectivity index (χ2v) is 13.6. The van der Waals surface area contributed by atoms with Crippen LogP contribution in [0.1, 0.15) is 123 Å². The maximum atomic E-state index is 12.5. The number of esters is 2. The van der Waals surface area contributed by atoms with Crippen LogP contribution in [0.25, 0.3) is 0 Å². The monoisotopic (exact) mass is 700 g/mol. The molecule has 2 unspecified atom stereocenters. The molecule has 0 fully saturated rings. The van der Waals surface area contributed by atoms with Crippen LogP contribution < -0.4 is 5.11 Å². The van der Waals surface area contributed by atoms with Gasteiger partial charge in [-0.3, -0.25) is 9.59 Å². The van der Waals surface area contributed by atoms with Gasteiger partial charge >= 0.3 is 11.9 Å². The predicted molar refractivity (Wildman–Crippen MR) is 203 cm³/mol. The van der Waals surface area contributed by atoms with Gasteiger partial charge in [0.25, 0.3) is 0 Å². The van der Waals surface area contributed by atoms with Gasteiger partial charge < -0.3 is 28.6 Å². The Morgan fingerprint density at radius 1 is 0.600 bits per heavy atom. The van der Waals surface area contributed by atoms with Gasteiger partial charge in [-0.05, 0) is 44.9 Å². The molecule has 0 aromatic carbocycles. The van der Waals surface area contributed by atoms with Crippen molar-refractivity contribution in [3.63, 3.8) is 0 Å². The quantitative estimate of drug-likeness (QED) is 0.0229. The first kappa shape index (κ1) is 46.8. The molecule has 2 atom stereocenters. The maximum Gasteiger partial charge on any atom is 0.306 e. The maximum absolute atomic E-state index is 12.5. The zero-order chi connectivity index (χ0) is 37.1. The van der Waals surface area contributed by atoms with E-state index in [0.29, 0.717) is 12.8 Å². The Hall–Kier alpha value is -3.23. The number of hydrogen-bond donors (Lipinski definition) is 0. The van der Waals surface area contributed by atoms with Crippen molar-refractivity contribution in [3.8, 4) is 0 Å². The molecule has 0 heterocycles. The van der Waals surface area contributed by atoms with Crippen LogP contribution in [-0.4, -0.2) is 75.5 Å². The van der Waals surface area contributed by atoms with Crippen LogP contribution in [0.15, 0.2) is 72.9 Å². The number of aliphatic carboxylic acids is 1. The summed E-state index contributed by atoms with van der Waals surface area (Å²) in [5.74, 6) is -1.85. The van der Waals surface area contributed by atoms with Crippen LogP contribution in [-0.2, 0) is 28.6 Å². The number of ether oxygens (including phenoxy) is 3. The molecule has 0 amide bonds. The zero-order valence-electron chi connectivity index (χ0n) is 32.0. The van der Waals surface area contributed by atoms with E-state index in [2.05, 4.69) is 44.2 Å². The van der Waals surface area contributed by atoms with Crippen LogP contribution in [0.3, 0.4) is 0 Å². The zero-order valence-corrected chi connectivity index (χ0v) is 32.0. The molecule has 0 aliphatic rings. The van der Waals surface area contributed by atoms with Crippen LogP contribution in [0.2, 0.25) is 0 Å². The summed E-state index contributed by atoms with van der Waals surface area (Å²) in [5.41, 5.74) is 0. The molecule has 0 rings (SSSR count). The van der Waals surface area contributed by atoms with E-state index in [1.807, 2.05) is 42.5 Å². The summed E-state index contributed by atoms with van der Waals surface area (Å²) in [4.78, 5) is 36.5. The molecular formula is C42H69NO7. The van der Waals surface area contributed by atoms with Crippen molar-refractivity contribution in [2.45, 2.75) is 135 Å². The summed E-state index contributed by atoms with van der Waals surface area (Å²) in [6.07, 6.45) is 39.4. The van der Waals surface area contributed by atoms with E-state index in [4.69, 9.17) is 14.2 Å². The van der Waals surface area contributed by atoms with Crippen molar-refractivity contribution in [1.82, 2.24) is 0 Å². The molecule has 0 radical (unpaired) electrons. The number of carbonyl (C=O) groups excluding carboxylic acids is 3. The molecule has 0 bridgehead atoms. The van der Waals surface area contributed by atoms with Gasteiger partial charge in [0.05, 0.1) is 40.3 Å².